The Morgan fingerprint density at radius 3 is 0.727 bits per heavy atom. The van der Waals surface area contributed by atoms with Crippen molar-refractivity contribution in [2.24, 2.45) is 0 Å². The average Bonchev–Trinajstić information content (AvgIpc) is 1.70. The van der Waals surface area contributed by atoms with Gasteiger partial charge in [0.05, 0.1) is 0 Å². The van der Waals surface area contributed by atoms with Gasteiger partial charge in [-0.1, -0.05) is 0 Å². The first-order valence-corrected chi connectivity index (χ1v) is 1.41. The summed E-state index contributed by atoms with van der Waals surface area (Å²) in [6.45, 7) is -1.50. The van der Waals surface area contributed by atoms with E-state index in [2.05, 4.69) is 0 Å². The Hall–Kier alpha value is 0.176. The zero-order valence-electron chi connectivity index (χ0n) is 5.89. The van der Waals surface area contributed by atoms with Crippen molar-refractivity contribution in [3.8, 4) is 0 Å². The molecule has 0 unspecified atom stereocenters. The minimum absolute atomic E-state index is 0. The standard InChI is InChI=1S/3CH2O2.Mg.Na/c3*2-1-3;;/h3*1H,(H,2,3);;/q;;;+2;+1/p-3. The van der Waals surface area contributed by atoms with Gasteiger partial charge in [-0.2, -0.15) is 0 Å². The Labute approximate surface area is 101 Å². The van der Waals surface area contributed by atoms with Gasteiger partial charge in [-0.3, -0.25) is 0 Å². The molecule has 0 atom stereocenters. The number of hydrogen-bond donors (Lipinski definition) is 0. The molecule has 54 valence electrons. The zero-order chi connectivity index (χ0) is 8.12. The quantitative estimate of drug-likeness (QED) is 0.271. The maximum absolute atomic E-state index is 8.25. The van der Waals surface area contributed by atoms with Gasteiger partial charge < -0.3 is 29.7 Å². The van der Waals surface area contributed by atoms with Crippen LogP contribution in [0.4, 0.5) is 0 Å². The minimum Gasteiger partial charge on any atom is -0.554 e. The van der Waals surface area contributed by atoms with E-state index in [1.54, 1.807) is 0 Å². The van der Waals surface area contributed by atoms with Gasteiger partial charge in [0.1, 0.15) is 0 Å². The van der Waals surface area contributed by atoms with Crippen LogP contribution in [-0.2, 0) is 14.4 Å². The van der Waals surface area contributed by atoms with Crippen molar-refractivity contribution >= 4 is 42.5 Å². The molecule has 0 radical (unpaired) electrons. The molecule has 0 aliphatic rings. The summed E-state index contributed by atoms with van der Waals surface area (Å²) in [4.78, 5) is 24.8. The van der Waals surface area contributed by atoms with E-state index in [-0.39, 0.29) is 52.6 Å². The van der Waals surface area contributed by atoms with Crippen LogP contribution >= 0.6 is 0 Å². The summed E-state index contributed by atoms with van der Waals surface area (Å²) in [6, 6.07) is 0. The number of hydrogen-bond acceptors (Lipinski definition) is 6. The maximum atomic E-state index is 8.25. The van der Waals surface area contributed by atoms with Crippen LogP contribution in [0.15, 0.2) is 0 Å². The molecule has 0 rings (SSSR count). The van der Waals surface area contributed by atoms with E-state index in [0.29, 0.717) is 0 Å². The number of carbonyl (C=O) groups excluding carboxylic acids is 3. The van der Waals surface area contributed by atoms with Gasteiger partial charge in [0.15, 0.2) is 0 Å². The Morgan fingerprint density at radius 1 is 0.727 bits per heavy atom. The summed E-state index contributed by atoms with van der Waals surface area (Å²) in [7, 11) is 0. The summed E-state index contributed by atoms with van der Waals surface area (Å²) in [5.74, 6) is 0. The fourth-order valence-electron chi connectivity index (χ4n) is 0. The molecule has 0 saturated carbocycles. The third-order valence-electron chi connectivity index (χ3n) is 0. The molecule has 0 saturated heterocycles. The summed E-state index contributed by atoms with van der Waals surface area (Å²) in [5.41, 5.74) is 0. The Morgan fingerprint density at radius 2 is 0.727 bits per heavy atom. The van der Waals surface area contributed by atoms with E-state index >= 15 is 0 Å². The molecule has 0 aliphatic carbocycles. The first kappa shape index (κ1) is 30.3. The number of rotatable bonds is 0. The molecule has 0 aromatic heterocycles. The average molecular weight is 182 g/mol. The molecule has 0 N–H and O–H groups in total. The molecule has 8 heteroatoms. The Balaban J connectivity index is -0.0000000150. The molecule has 0 fully saturated rings. The van der Waals surface area contributed by atoms with Gasteiger partial charge in [-0.25, -0.2) is 0 Å². The second kappa shape index (κ2) is 84.9. The predicted molar refractivity (Wildman–Crippen MR) is 23.9 cm³/mol. The van der Waals surface area contributed by atoms with Crippen LogP contribution < -0.4 is 44.9 Å². The molecular weight excluding hydrogens is 179 g/mol. The van der Waals surface area contributed by atoms with E-state index in [1.807, 2.05) is 0 Å². The topological polar surface area (TPSA) is 120 Å². The van der Waals surface area contributed by atoms with Crippen molar-refractivity contribution < 1.29 is 59.3 Å². The fourth-order valence-corrected chi connectivity index (χ4v) is 0. The van der Waals surface area contributed by atoms with Crippen LogP contribution in [0.3, 0.4) is 0 Å². The summed E-state index contributed by atoms with van der Waals surface area (Å²) >= 11 is 0. The van der Waals surface area contributed by atoms with Crippen LogP contribution in [0.25, 0.3) is 0 Å². The molecule has 0 heterocycles. The van der Waals surface area contributed by atoms with E-state index in [0.717, 1.165) is 0 Å². The summed E-state index contributed by atoms with van der Waals surface area (Å²) in [5, 5.41) is 24.8. The third kappa shape index (κ3) is 21900. The summed E-state index contributed by atoms with van der Waals surface area (Å²) in [6.07, 6.45) is 0. The van der Waals surface area contributed by atoms with Gasteiger partial charge in [0, 0.05) is 19.4 Å². The fraction of sp³-hybridized carbons (Fsp3) is 0. The van der Waals surface area contributed by atoms with Crippen molar-refractivity contribution in [3.05, 3.63) is 0 Å². The maximum Gasteiger partial charge on any atom is 2.00 e. The molecule has 11 heavy (non-hydrogen) atoms. The molecule has 0 aromatic carbocycles. The van der Waals surface area contributed by atoms with Crippen LogP contribution in [0.5, 0.6) is 0 Å². The number of carboxylic acid groups (broad SMARTS) is 3. The van der Waals surface area contributed by atoms with Gasteiger partial charge in [-0.05, 0) is 0 Å². The molecule has 0 bridgehead atoms. The first-order valence-electron chi connectivity index (χ1n) is 1.41. The van der Waals surface area contributed by atoms with E-state index < -0.39 is 19.4 Å². The van der Waals surface area contributed by atoms with Gasteiger partial charge >= 0.3 is 52.6 Å². The molecular formula is C3H3MgNaO6. The van der Waals surface area contributed by atoms with Crippen molar-refractivity contribution in [3.63, 3.8) is 0 Å². The van der Waals surface area contributed by atoms with Crippen LogP contribution in [0.1, 0.15) is 0 Å². The minimum atomic E-state index is -0.500. The third-order valence-corrected chi connectivity index (χ3v) is 0. The van der Waals surface area contributed by atoms with Crippen molar-refractivity contribution in [2.45, 2.75) is 0 Å². The molecule has 0 aromatic rings. The monoisotopic (exact) mass is 182 g/mol. The van der Waals surface area contributed by atoms with Gasteiger partial charge in [-0.15, -0.1) is 0 Å². The largest absolute Gasteiger partial charge is 2.00 e. The molecule has 6 nitrogen and oxygen atoms in total. The SMILES string of the molecule is O=C[O-].O=C[O-].O=C[O-].[Mg+2].[Na+]. The van der Waals surface area contributed by atoms with E-state index in [1.165, 1.54) is 0 Å². The van der Waals surface area contributed by atoms with Crippen LogP contribution in [-0.4, -0.2) is 42.5 Å². The van der Waals surface area contributed by atoms with Gasteiger partial charge in [0.25, 0.3) is 0 Å². The smallest absolute Gasteiger partial charge is 0.554 e. The summed E-state index contributed by atoms with van der Waals surface area (Å²) < 4.78 is 0. The Bertz CT molecular complexity index is 54.6. The number of carbonyl (C=O) groups is 3. The molecule has 0 spiro atoms. The van der Waals surface area contributed by atoms with E-state index in [9.17, 15) is 0 Å². The van der Waals surface area contributed by atoms with Crippen molar-refractivity contribution in [2.75, 3.05) is 0 Å². The predicted octanol–water partition coefficient (Wildman–Crippen LogP) is -8.28. The Kier molecular flexibility index (Phi) is 234. The second-order valence-corrected chi connectivity index (χ2v) is 0.289. The van der Waals surface area contributed by atoms with E-state index in [4.69, 9.17) is 29.7 Å². The first-order chi connectivity index (χ1) is 4.24. The zero-order valence-corrected chi connectivity index (χ0v) is 9.30. The normalized spacial score (nSPS) is 3.27. The van der Waals surface area contributed by atoms with Crippen LogP contribution in [0, 0.1) is 0 Å². The molecule has 0 amide bonds. The molecule has 0 aliphatic heterocycles. The van der Waals surface area contributed by atoms with Crippen LogP contribution in [0.2, 0.25) is 0 Å². The van der Waals surface area contributed by atoms with Gasteiger partial charge in [0.2, 0.25) is 0 Å². The second-order valence-electron chi connectivity index (χ2n) is 0.289. The van der Waals surface area contributed by atoms with Crippen molar-refractivity contribution in [1.82, 2.24) is 0 Å². The van der Waals surface area contributed by atoms with Crippen molar-refractivity contribution in [1.29, 1.82) is 0 Å².